The van der Waals surface area contributed by atoms with Crippen molar-refractivity contribution in [2.45, 2.75) is 6.04 Å². The van der Waals surface area contributed by atoms with E-state index in [1.54, 1.807) is 18.2 Å². The molecule has 0 saturated carbocycles. The van der Waals surface area contributed by atoms with Gasteiger partial charge in [-0.25, -0.2) is 0 Å². The number of amides is 1. The van der Waals surface area contributed by atoms with Crippen LogP contribution in [-0.2, 0) is 4.79 Å². The third kappa shape index (κ3) is 2.81. The normalized spacial score (nSPS) is 11.5. The molecule has 0 aromatic heterocycles. The highest BCUT2D eigenvalue weighted by molar-refractivity contribution is 7.78. The predicted molar refractivity (Wildman–Crippen MR) is 58.0 cm³/mol. The van der Waals surface area contributed by atoms with Crippen molar-refractivity contribution in [1.29, 1.82) is 0 Å². The van der Waals surface area contributed by atoms with Gasteiger partial charge in [-0.05, 0) is 0 Å². The molecule has 1 N–H and O–H groups in total. The topological polar surface area (TPSA) is 72.2 Å². The van der Waals surface area contributed by atoms with Crippen LogP contribution in [0.2, 0.25) is 0 Å². The van der Waals surface area contributed by atoms with E-state index < -0.39 is 16.9 Å². The molecule has 15 heavy (non-hydrogen) atoms. The summed E-state index contributed by atoms with van der Waals surface area (Å²) >= 11 is 4.40. The number of nitrogens with one attached hydrogen (secondary N) is 1. The van der Waals surface area contributed by atoms with Crippen LogP contribution >= 0.6 is 12.2 Å². The lowest BCUT2D eigenvalue weighted by Crippen LogP contribution is -2.32. The van der Waals surface area contributed by atoms with Crippen molar-refractivity contribution >= 4 is 23.6 Å². The van der Waals surface area contributed by atoms with Gasteiger partial charge in [-0.1, -0.05) is 42.5 Å². The second kappa shape index (κ2) is 5.16. The van der Waals surface area contributed by atoms with Crippen molar-refractivity contribution in [2.75, 3.05) is 0 Å². The highest BCUT2D eigenvalue weighted by Crippen LogP contribution is 2.15. The summed E-state index contributed by atoms with van der Waals surface area (Å²) in [5.74, 6) is -0.735. The van der Waals surface area contributed by atoms with E-state index in [0.717, 1.165) is 5.49 Å². The van der Waals surface area contributed by atoms with Gasteiger partial charge in [0.15, 0.2) is 0 Å². The molecule has 0 bridgehead atoms. The molecule has 0 saturated heterocycles. The number of rotatable bonds is 4. The van der Waals surface area contributed by atoms with Crippen molar-refractivity contribution in [3.63, 3.8) is 0 Å². The first kappa shape index (κ1) is 11.3. The van der Waals surface area contributed by atoms with Gasteiger partial charge in [-0.2, -0.15) is 0 Å². The summed E-state index contributed by atoms with van der Waals surface area (Å²) < 4.78 is 0. The fourth-order valence-electron chi connectivity index (χ4n) is 1.14. The van der Waals surface area contributed by atoms with Crippen LogP contribution in [0.15, 0.2) is 30.3 Å². The summed E-state index contributed by atoms with van der Waals surface area (Å²) in [5, 5.41) is 12.8. The van der Waals surface area contributed by atoms with Gasteiger partial charge in [0, 0.05) is 10.5 Å². The second-order valence-electron chi connectivity index (χ2n) is 2.73. The van der Waals surface area contributed by atoms with Gasteiger partial charge >= 0.3 is 11.9 Å². The largest absolute Gasteiger partial charge is 0.317 e. The number of thiocarbonyl (C=S) groups is 1. The highest BCUT2D eigenvalue weighted by atomic mass is 32.1. The van der Waals surface area contributed by atoms with E-state index in [1.807, 2.05) is 0 Å². The zero-order valence-electron chi connectivity index (χ0n) is 7.62. The lowest BCUT2D eigenvalue weighted by molar-refractivity contribution is -0.513. The Kier molecular flexibility index (Phi) is 3.87. The molecule has 6 heteroatoms. The molecule has 1 aromatic rings. The Hall–Kier alpha value is -1.82. The molecular formula is C9H8N2O3S. The average molecular weight is 224 g/mol. The Balaban J connectivity index is 2.98. The number of carbonyl (C=O) groups is 1. The van der Waals surface area contributed by atoms with Crippen molar-refractivity contribution in [3.8, 4) is 0 Å². The first-order valence-corrected chi connectivity index (χ1v) is 4.56. The van der Waals surface area contributed by atoms with E-state index in [9.17, 15) is 14.9 Å². The number of carbonyl (C=O) groups excluding carboxylic acids is 1. The highest BCUT2D eigenvalue weighted by Gasteiger charge is 2.30. The number of nitro groups is 1. The maximum absolute atomic E-state index is 11.3. The summed E-state index contributed by atoms with van der Waals surface area (Å²) in [4.78, 5) is 21.4. The number of benzene rings is 1. The Morgan fingerprint density at radius 1 is 1.47 bits per heavy atom. The fraction of sp³-hybridized carbons (Fsp3) is 0.111. The van der Waals surface area contributed by atoms with Crippen molar-refractivity contribution in [1.82, 2.24) is 5.32 Å². The van der Waals surface area contributed by atoms with Gasteiger partial charge in [0.1, 0.15) is 0 Å². The van der Waals surface area contributed by atoms with E-state index in [2.05, 4.69) is 17.5 Å². The van der Waals surface area contributed by atoms with Crippen LogP contribution in [0.25, 0.3) is 0 Å². The Bertz CT molecular complexity index is 380. The molecular weight excluding hydrogens is 216 g/mol. The SMILES string of the molecule is O=C(NC=S)C(c1ccccc1)[N+](=O)[O-]. The zero-order chi connectivity index (χ0) is 11.3. The van der Waals surface area contributed by atoms with Gasteiger partial charge in [0.25, 0.3) is 0 Å². The molecule has 0 spiro atoms. The van der Waals surface area contributed by atoms with E-state index in [4.69, 9.17) is 0 Å². The van der Waals surface area contributed by atoms with Crippen LogP contribution in [0.5, 0.6) is 0 Å². The molecule has 78 valence electrons. The molecule has 5 nitrogen and oxygen atoms in total. The molecule has 1 unspecified atom stereocenters. The molecule has 0 aliphatic rings. The molecule has 1 amide bonds. The fourth-order valence-corrected chi connectivity index (χ4v) is 1.26. The minimum absolute atomic E-state index is 0.330. The summed E-state index contributed by atoms with van der Waals surface area (Å²) in [6, 6.07) is 6.63. The van der Waals surface area contributed by atoms with Crippen LogP contribution in [0.3, 0.4) is 0 Å². The van der Waals surface area contributed by atoms with Crippen LogP contribution in [0.4, 0.5) is 0 Å². The van der Waals surface area contributed by atoms with E-state index in [0.29, 0.717) is 5.56 Å². The number of hydrogen-bond acceptors (Lipinski definition) is 4. The Labute approximate surface area is 91.2 Å². The maximum Gasteiger partial charge on any atom is 0.315 e. The number of nitrogens with zero attached hydrogens (tertiary/aromatic N) is 1. The monoisotopic (exact) mass is 224 g/mol. The van der Waals surface area contributed by atoms with Crippen LogP contribution < -0.4 is 5.32 Å². The molecule has 1 atom stereocenters. The maximum atomic E-state index is 11.3. The van der Waals surface area contributed by atoms with Crippen molar-refractivity contribution in [2.24, 2.45) is 0 Å². The predicted octanol–water partition coefficient (Wildman–Crippen LogP) is 1.08. The number of hydrogen-bond donors (Lipinski definition) is 1. The van der Waals surface area contributed by atoms with Gasteiger partial charge in [0.2, 0.25) is 0 Å². The summed E-state index contributed by atoms with van der Waals surface area (Å²) in [6.07, 6.45) is 0. The standard InChI is InChI=1S/C9H8N2O3S/c12-9(10-6-15)8(11(13)14)7-4-2-1-3-5-7/h1-6,8H,(H,10,12,15). The lowest BCUT2D eigenvalue weighted by atomic mass is 10.1. The third-order valence-electron chi connectivity index (χ3n) is 1.78. The Morgan fingerprint density at radius 3 is 2.53 bits per heavy atom. The summed E-state index contributed by atoms with van der Waals surface area (Å²) in [7, 11) is 0. The van der Waals surface area contributed by atoms with Crippen LogP contribution in [0, 0.1) is 10.1 Å². The molecule has 0 radical (unpaired) electrons. The van der Waals surface area contributed by atoms with Gasteiger partial charge in [-0.3, -0.25) is 14.9 Å². The van der Waals surface area contributed by atoms with Crippen molar-refractivity contribution in [3.05, 3.63) is 46.0 Å². The molecule has 1 rings (SSSR count). The van der Waals surface area contributed by atoms with Gasteiger partial charge in [0.05, 0.1) is 5.49 Å². The minimum Gasteiger partial charge on any atom is -0.317 e. The average Bonchev–Trinajstić information content (AvgIpc) is 2.19. The summed E-state index contributed by atoms with van der Waals surface area (Å²) in [6.45, 7) is 0. The molecule has 0 heterocycles. The Morgan fingerprint density at radius 2 is 2.07 bits per heavy atom. The molecule has 0 aliphatic heterocycles. The van der Waals surface area contributed by atoms with Crippen molar-refractivity contribution < 1.29 is 9.72 Å². The summed E-state index contributed by atoms with van der Waals surface area (Å²) in [5.41, 5.74) is 1.29. The zero-order valence-corrected chi connectivity index (χ0v) is 8.44. The van der Waals surface area contributed by atoms with E-state index in [1.165, 1.54) is 12.1 Å². The van der Waals surface area contributed by atoms with E-state index in [-0.39, 0.29) is 0 Å². The quantitative estimate of drug-likeness (QED) is 0.472. The molecule has 0 fully saturated rings. The first-order valence-electron chi connectivity index (χ1n) is 4.09. The van der Waals surface area contributed by atoms with Crippen LogP contribution in [-0.4, -0.2) is 16.3 Å². The molecule has 0 aliphatic carbocycles. The molecule has 1 aromatic carbocycles. The lowest BCUT2D eigenvalue weighted by Gasteiger charge is -2.07. The third-order valence-corrected chi connectivity index (χ3v) is 1.89. The van der Waals surface area contributed by atoms with Crippen LogP contribution in [0.1, 0.15) is 11.6 Å². The van der Waals surface area contributed by atoms with Gasteiger partial charge in [-0.15, -0.1) is 0 Å². The minimum atomic E-state index is -1.41. The first-order chi connectivity index (χ1) is 7.16. The van der Waals surface area contributed by atoms with Gasteiger partial charge < -0.3 is 5.32 Å². The van der Waals surface area contributed by atoms with E-state index >= 15 is 0 Å². The smallest absolute Gasteiger partial charge is 0.315 e. The second-order valence-corrected chi connectivity index (χ2v) is 2.96.